The molecule has 0 aromatic heterocycles. The first-order chi connectivity index (χ1) is 13.7. The Balaban J connectivity index is 0.00000225. The molecule has 7 heteroatoms. The summed E-state index contributed by atoms with van der Waals surface area (Å²) in [6.45, 7) is 7.23. The predicted molar refractivity (Wildman–Crippen MR) is 128 cm³/mol. The molecule has 1 aromatic rings. The van der Waals surface area contributed by atoms with Crippen LogP contribution in [-0.2, 0) is 4.79 Å². The number of likely N-dealkylation sites (tertiary alicyclic amines) is 1. The van der Waals surface area contributed by atoms with E-state index in [4.69, 9.17) is 4.74 Å². The van der Waals surface area contributed by atoms with Crippen LogP contribution in [0.25, 0.3) is 0 Å². The summed E-state index contributed by atoms with van der Waals surface area (Å²) >= 11 is 0. The third kappa shape index (κ3) is 7.60. The number of ether oxygens (including phenoxy) is 1. The zero-order chi connectivity index (χ0) is 19.8. The van der Waals surface area contributed by atoms with Crippen molar-refractivity contribution in [3.63, 3.8) is 0 Å². The van der Waals surface area contributed by atoms with Crippen LogP contribution >= 0.6 is 24.8 Å². The largest absolute Gasteiger partial charge is 0.496 e. The van der Waals surface area contributed by atoms with E-state index in [9.17, 15) is 4.79 Å². The number of nitrogens with zero attached hydrogens (tertiary/aromatic N) is 1. The van der Waals surface area contributed by atoms with E-state index in [2.05, 4.69) is 34.6 Å². The van der Waals surface area contributed by atoms with Crippen molar-refractivity contribution in [1.29, 1.82) is 0 Å². The van der Waals surface area contributed by atoms with Gasteiger partial charge < -0.3 is 15.4 Å². The van der Waals surface area contributed by atoms with Gasteiger partial charge in [0.2, 0.25) is 5.91 Å². The summed E-state index contributed by atoms with van der Waals surface area (Å²) in [5.41, 5.74) is 1.18. The zero-order valence-electron chi connectivity index (χ0n) is 18.4. The third-order valence-electron chi connectivity index (χ3n) is 6.52. The highest BCUT2D eigenvalue weighted by Gasteiger charge is 2.26. The van der Waals surface area contributed by atoms with Crippen molar-refractivity contribution in [2.75, 3.05) is 39.8 Å². The standard InChI is InChI=1S/C23H37N3O2.2ClH/c1-18(19-10-12-24-13-11-19)16-23(27)25-17-21(26-14-6-3-7-15-26)20-8-4-5-9-22(20)28-2;;/h4-5,8-9,18-19,21,24H,3,6-7,10-17H2,1-2H3,(H,25,27);2*1H. The second kappa shape index (κ2) is 14.1. The number of methoxy groups -OCH3 is 1. The highest BCUT2D eigenvalue weighted by atomic mass is 35.5. The molecule has 0 spiro atoms. The van der Waals surface area contributed by atoms with E-state index >= 15 is 0 Å². The average Bonchev–Trinajstić information content (AvgIpc) is 2.75. The third-order valence-corrected chi connectivity index (χ3v) is 6.52. The van der Waals surface area contributed by atoms with Crippen molar-refractivity contribution < 1.29 is 9.53 Å². The van der Waals surface area contributed by atoms with Crippen LogP contribution in [0.4, 0.5) is 0 Å². The van der Waals surface area contributed by atoms with Gasteiger partial charge in [0.25, 0.3) is 0 Å². The van der Waals surface area contributed by atoms with Crippen LogP contribution in [0.2, 0.25) is 0 Å². The van der Waals surface area contributed by atoms with Gasteiger partial charge in [-0.1, -0.05) is 31.5 Å². The molecule has 2 saturated heterocycles. The minimum absolute atomic E-state index is 0. The van der Waals surface area contributed by atoms with Crippen LogP contribution in [0.1, 0.15) is 57.1 Å². The normalized spacial score (nSPS) is 19.7. The quantitative estimate of drug-likeness (QED) is 0.611. The Morgan fingerprint density at radius 1 is 1.17 bits per heavy atom. The molecule has 0 saturated carbocycles. The number of halogens is 2. The van der Waals surface area contributed by atoms with E-state index in [0.29, 0.717) is 24.8 Å². The first-order valence-electron chi connectivity index (χ1n) is 11.0. The summed E-state index contributed by atoms with van der Waals surface area (Å²) in [7, 11) is 1.73. The summed E-state index contributed by atoms with van der Waals surface area (Å²) in [4.78, 5) is 15.2. The topological polar surface area (TPSA) is 53.6 Å². The molecule has 2 aliphatic rings. The molecular weight excluding hydrogens is 421 g/mol. The second-order valence-corrected chi connectivity index (χ2v) is 8.43. The Morgan fingerprint density at radius 3 is 2.50 bits per heavy atom. The molecule has 0 bridgehead atoms. The summed E-state index contributed by atoms with van der Waals surface area (Å²) in [6, 6.07) is 8.41. The maximum absolute atomic E-state index is 12.7. The highest BCUT2D eigenvalue weighted by molar-refractivity contribution is 5.85. The number of nitrogens with one attached hydrogen (secondary N) is 2. The molecule has 0 aliphatic carbocycles. The van der Waals surface area contributed by atoms with Crippen LogP contribution in [0.5, 0.6) is 5.75 Å². The van der Waals surface area contributed by atoms with Gasteiger partial charge in [-0.3, -0.25) is 9.69 Å². The first-order valence-corrected chi connectivity index (χ1v) is 11.0. The van der Waals surface area contributed by atoms with Gasteiger partial charge >= 0.3 is 0 Å². The van der Waals surface area contributed by atoms with Crippen LogP contribution in [0.3, 0.4) is 0 Å². The lowest BCUT2D eigenvalue weighted by molar-refractivity contribution is -0.122. The molecule has 5 nitrogen and oxygen atoms in total. The Bertz CT molecular complexity index is 620. The van der Waals surface area contributed by atoms with Gasteiger partial charge in [-0.05, 0) is 69.8 Å². The van der Waals surface area contributed by atoms with E-state index in [1.807, 2.05) is 12.1 Å². The Morgan fingerprint density at radius 2 is 1.83 bits per heavy atom. The number of hydrogen-bond donors (Lipinski definition) is 2. The summed E-state index contributed by atoms with van der Waals surface area (Å²) in [6.07, 6.45) is 6.76. The van der Waals surface area contributed by atoms with Gasteiger partial charge in [-0.2, -0.15) is 0 Å². The fourth-order valence-electron chi connectivity index (χ4n) is 4.76. The second-order valence-electron chi connectivity index (χ2n) is 8.43. The van der Waals surface area contributed by atoms with E-state index in [1.54, 1.807) is 7.11 Å². The number of carbonyl (C=O) groups is 1. The van der Waals surface area contributed by atoms with Crippen molar-refractivity contribution in [3.8, 4) is 5.75 Å². The lowest BCUT2D eigenvalue weighted by Gasteiger charge is -2.35. The van der Waals surface area contributed by atoms with Gasteiger partial charge in [0, 0.05) is 18.5 Å². The number of para-hydroxylation sites is 1. The first kappa shape index (κ1) is 27.0. The summed E-state index contributed by atoms with van der Waals surface area (Å²) in [5, 5.41) is 6.66. The zero-order valence-corrected chi connectivity index (χ0v) is 20.0. The van der Waals surface area contributed by atoms with E-state index in [1.165, 1.54) is 37.7 Å². The number of carbonyl (C=O) groups excluding carboxylic acids is 1. The van der Waals surface area contributed by atoms with Crippen molar-refractivity contribution in [3.05, 3.63) is 29.8 Å². The molecule has 3 rings (SSSR count). The molecule has 30 heavy (non-hydrogen) atoms. The molecule has 1 aromatic carbocycles. The fourth-order valence-corrected chi connectivity index (χ4v) is 4.76. The Hall–Kier alpha value is -1.01. The number of benzene rings is 1. The highest BCUT2D eigenvalue weighted by Crippen LogP contribution is 2.31. The number of amides is 1. The molecule has 2 unspecified atom stereocenters. The van der Waals surface area contributed by atoms with Crippen molar-refractivity contribution >= 4 is 30.7 Å². The predicted octanol–water partition coefficient (Wildman–Crippen LogP) is 4.21. The molecule has 2 heterocycles. The lowest BCUT2D eigenvalue weighted by atomic mass is 9.84. The van der Waals surface area contributed by atoms with E-state index in [-0.39, 0.29) is 36.8 Å². The Labute approximate surface area is 194 Å². The molecule has 2 atom stereocenters. The number of hydrogen-bond acceptors (Lipinski definition) is 4. The minimum atomic E-state index is 0. The van der Waals surface area contributed by atoms with Gasteiger partial charge in [-0.25, -0.2) is 0 Å². The van der Waals surface area contributed by atoms with Crippen molar-refractivity contribution in [2.24, 2.45) is 11.8 Å². The molecular formula is C23H39Cl2N3O2. The van der Waals surface area contributed by atoms with Crippen LogP contribution in [0.15, 0.2) is 24.3 Å². The van der Waals surface area contributed by atoms with E-state index in [0.717, 1.165) is 31.9 Å². The molecule has 1 amide bonds. The summed E-state index contributed by atoms with van der Waals surface area (Å²) in [5.74, 6) is 2.21. The number of piperidine rings is 2. The monoisotopic (exact) mass is 459 g/mol. The minimum Gasteiger partial charge on any atom is -0.496 e. The van der Waals surface area contributed by atoms with Crippen LogP contribution in [-0.4, -0.2) is 50.6 Å². The Kier molecular flexibility index (Phi) is 12.7. The maximum atomic E-state index is 12.7. The molecule has 2 aliphatic heterocycles. The maximum Gasteiger partial charge on any atom is 0.220 e. The van der Waals surface area contributed by atoms with Crippen molar-refractivity contribution in [1.82, 2.24) is 15.5 Å². The number of rotatable bonds is 8. The van der Waals surface area contributed by atoms with Gasteiger partial charge in [0.15, 0.2) is 0 Å². The lowest BCUT2D eigenvalue weighted by Crippen LogP contribution is -2.41. The van der Waals surface area contributed by atoms with Crippen LogP contribution in [0, 0.1) is 11.8 Å². The smallest absolute Gasteiger partial charge is 0.220 e. The summed E-state index contributed by atoms with van der Waals surface area (Å²) < 4.78 is 5.62. The van der Waals surface area contributed by atoms with Crippen LogP contribution < -0.4 is 15.4 Å². The van der Waals surface area contributed by atoms with Gasteiger partial charge in [-0.15, -0.1) is 24.8 Å². The van der Waals surface area contributed by atoms with E-state index < -0.39 is 0 Å². The average molecular weight is 460 g/mol. The molecule has 0 radical (unpaired) electrons. The van der Waals surface area contributed by atoms with Gasteiger partial charge in [0.05, 0.1) is 13.2 Å². The molecule has 2 N–H and O–H groups in total. The molecule has 2 fully saturated rings. The SMILES string of the molecule is COc1ccccc1C(CNC(=O)CC(C)C1CCNCC1)N1CCCCC1.Cl.Cl. The fraction of sp³-hybridized carbons (Fsp3) is 0.696. The van der Waals surface area contributed by atoms with Crippen molar-refractivity contribution in [2.45, 2.75) is 51.5 Å². The molecule has 172 valence electrons. The van der Waals surface area contributed by atoms with Gasteiger partial charge in [0.1, 0.15) is 5.75 Å².